The van der Waals surface area contributed by atoms with Crippen LogP contribution in [0.4, 0.5) is 0 Å². The number of carbonyl (C=O) groups is 4. The van der Waals surface area contributed by atoms with E-state index in [1.54, 1.807) is 91.1 Å². The lowest BCUT2D eigenvalue weighted by molar-refractivity contribution is -0.134. The Labute approximate surface area is 594 Å². The zero-order chi connectivity index (χ0) is 74.3. The number of nitrogens with zero attached hydrogens (tertiary/aromatic N) is 7. The molecule has 0 radical (unpaired) electrons. The number of likely N-dealkylation sites (N-methyl/N-ethyl adjacent to an activating group) is 1. The van der Waals surface area contributed by atoms with Crippen LogP contribution < -0.4 is 24.3 Å². The van der Waals surface area contributed by atoms with Crippen LogP contribution in [-0.2, 0) is 70.7 Å². The van der Waals surface area contributed by atoms with E-state index in [0.29, 0.717) is 57.4 Å². The number of ether oxygens (including phenoxy) is 8. The lowest BCUT2D eigenvalue weighted by Crippen LogP contribution is -2.28. The van der Waals surface area contributed by atoms with Gasteiger partial charge < -0.3 is 62.6 Å². The van der Waals surface area contributed by atoms with E-state index >= 15 is 0 Å². The Morgan fingerprint density at radius 1 is 0.480 bits per heavy atom. The number of methoxy groups -OCH3 is 4. The van der Waals surface area contributed by atoms with E-state index in [0.717, 1.165) is 28.0 Å². The number of amides is 1. The Morgan fingerprint density at radius 2 is 0.922 bits per heavy atom. The van der Waals surface area contributed by atoms with Crippen molar-refractivity contribution in [1.82, 2.24) is 15.3 Å². The van der Waals surface area contributed by atoms with Gasteiger partial charge in [-0.1, -0.05) is 206 Å². The van der Waals surface area contributed by atoms with Crippen LogP contribution in [0.1, 0.15) is 77.8 Å². The lowest BCUT2D eigenvalue weighted by atomic mass is 10.0. The van der Waals surface area contributed by atoms with Gasteiger partial charge in [0.05, 0.1) is 58.1 Å². The molecule has 0 unspecified atom stereocenters. The molecule has 0 saturated heterocycles. The Morgan fingerprint density at radius 3 is 1.44 bits per heavy atom. The molecule has 24 heteroatoms. The number of benzene rings is 8. The minimum atomic E-state index is -0.586. The van der Waals surface area contributed by atoms with Crippen LogP contribution in [0.3, 0.4) is 0 Å². The van der Waals surface area contributed by atoms with Crippen LogP contribution in [-0.4, -0.2) is 114 Å². The van der Waals surface area contributed by atoms with Gasteiger partial charge in [0.15, 0.2) is 17.1 Å². The molecule has 1 amide bonds. The number of carbonyl (C=O) groups excluding carboxylic acids is 4. The van der Waals surface area contributed by atoms with Gasteiger partial charge in [-0.15, -0.1) is 0 Å². The third-order valence-electron chi connectivity index (χ3n) is 13.0. The van der Waals surface area contributed by atoms with E-state index in [1.807, 2.05) is 156 Å². The highest BCUT2D eigenvalue weighted by Crippen LogP contribution is 2.33. The topological polar surface area (TPSA) is 290 Å². The van der Waals surface area contributed by atoms with E-state index < -0.39 is 17.9 Å². The molecule has 0 saturated carbocycles. The standard InChI is InChI=1S/C22H17N3O5.C18H18N2O4.C18H19NO4.C16H16N2O3.2C2H6/c1-27-13-17(22(26)28-2)16-8-4-6-10-19(16)30-21-11-20(24-14-25-21)29-18-9-5-3-7-15(18)12-23;1-22-18(21)17(20-23-2)16-11-7-6-10-15(16)13-24-19-12-14-8-4-3-5-9-14;1-13-8-4-7-11-16(13)23-12-14-9-5-6-10-15(14)17(19-22-3)18(20)21-2;1-17-16(19)15(18-20-2)13-10-6-7-11-14(13)21-12-8-4-3-5-9-12;2*1-2/h3-11,13-14H,1-2H3;3-12H,13H2,1-2H3;4-11H,12H2,1-3H3;3-11H,1-2H3,(H,17,19);2*1-2H3/b17-13-;19-12+,20-17-;19-17-;18-15-;;. The van der Waals surface area contributed by atoms with Crippen molar-refractivity contribution in [3.63, 3.8) is 0 Å². The number of hydrogen-bond donors (Lipinski definition) is 1. The second-order valence-electron chi connectivity index (χ2n) is 19.4. The van der Waals surface area contributed by atoms with Crippen molar-refractivity contribution in [1.29, 1.82) is 5.26 Å². The summed E-state index contributed by atoms with van der Waals surface area (Å²) in [5.74, 6) is 1.03. The summed E-state index contributed by atoms with van der Waals surface area (Å²) in [6.45, 7) is 10.5. The number of nitrogens with one attached hydrogen (secondary N) is 1. The first-order chi connectivity index (χ1) is 49.8. The fourth-order valence-electron chi connectivity index (χ4n) is 8.47. The smallest absolute Gasteiger partial charge is 0.360 e. The number of aromatic nitrogens is 2. The molecule has 1 aromatic heterocycles. The molecule has 8 aromatic carbocycles. The molecule has 0 atom stereocenters. The zero-order valence-corrected chi connectivity index (χ0v) is 59.0. The highest BCUT2D eigenvalue weighted by Gasteiger charge is 2.23. The number of hydrogen-bond acceptors (Lipinski definition) is 23. The van der Waals surface area contributed by atoms with Gasteiger partial charge in [0.1, 0.15) is 81.3 Å². The van der Waals surface area contributed by atoms with Crippen molar-refractivity contribution in [2.24, 2.45) is 20.6 Å². The molecule has 1 heterocycles. The maximum Gasteiger partial charge on any atom is 0.360 e. The van der Waals surface area contributed by atoms with Gasteiger partial charge in [0.2, 0.25) is 11.8 Å². The Kier molecular flexibility index (Phi) is 37.4. The maximum atomic E-state index is 12.1. The van der Waals surface area contributed by atoms with Crippen LogP contribution in [0.2, 0.25) is 0 Å². The van der Waals surface area contributed by atoms with E-state index in [4.69, 9.17) is 57.2 Å². The average molecular weight is 1390 g/mol. The predicted octanol–water partition coefficient (Wildman–Crippen LogP) is 14.6. The second kappa shape index (κ2) is 46.9. The number of esters is 3. The highest BCUT2D eigenvalue weighted by molar-refractivity contribution is 6.46. The minimum Gasteiger partial charge on any atom is -0.503 e. The van der Waals surface area contributed by atoms with Gasteiger partial charge >= 0.3 is 17.9 Å². The Balaban J connectivity index is 0.000000286. The van der Waals surface area contributed by atoms with Gasteiger partial charge in [-0.05, 0) is 72.1 Å². The molecule has 0 aliphatic heterocycles. The molecule has 0 aliphatic rings. The quantitative estimate of drug-likeness (QED) is 0.0139. The molecule has 530 valence electrons. The largest absolute Gasteiger partial charge is 0.503 e. The molecule has 102 heavy (non-hydrogen) atoms. The Bertz CT molecular complexity index is 4270. The maximum absolute atomic E-state index is 12.1. The number of nitriles is 1. The predicted molar refractivity (Wildman–Crippen MR) is 388 cm³/mol. The second-order valence-corrected chi connectivity index (χ2v) is 19.4. The summed E-state index contributed by atoms with van der Waals surface area (Å²) >= 11 is 0. The first-order valence-electron chi connectivity index (χ1n) is 31.5. The third kappa shape index (κ3) is 26.0. The van der Waals surface area contributed by atoms with Crippen LogP contribution in [0.25, 0.3) is 5.57 Å². The molecule has 0 fully saturated rings. The van der Waals surface area contributed by atoms with Crippen molar-refractivity contribution in [3.8, 4) is 46.6 Å². The van der Waals surface area contributed by atoms with Crippen molar-refractivity contribution in [3.05, 3.63) is 275 Å². The zero-order valence-electron chi connectivity index (χ0n) is 59.0. The highest BCUT2D eigenvalue weighted by atomic mass is 16.6. The monoisotopic (exact) mass is 1390 g/mol. The first-order valence-corrected chi connectivity index (χ1v) is 31.5. The van der Waals surface area contributed by atoms with E-state index in [1.165, 1.54) is 75.5 Å². The molecule has 24 nitrogen and oxygen atoms in total. The van der Waals surface area contributed by atoms with Crippen LogP contribution in [0.15, 0.2) is 246 Å². The van der Waals surface area contributed by atoms with Gasteiger partial charge in [0, 0.05) is 29.3 Å². The van der Waals surface area contributed by atoms with Crippen LogP contribution in [0, 0.1) is 18.3 Å². The van der Waals surface area contributed by atoms with Gasteiger partial charge in [-0.25, -0.2) is 24.4 Å². The summed E-state index contributed by atoms with van der Waals surface area (Å²) in [6, 6.07) is 65.6. The van der Waals surface area contributed by atoms with E-state index in [2.05, 4.69) is 42.0 Å². The average Bonchev–Trinajstić information content (AvgIpc) is 0.850. The Hall–Kier alpha value is -13.2. The summed E-state index contributed by atoms with van der Waals surface area (Å²) in [5, 5.41) is 27.0. The van der Waals surface area contributed by atoms with Gasteiger partial charge in [-0.2, -0.15) is 5.26 Å². The molecule has 0 spiro atoms. The van der Waals surface area contributed by atoms with Crippen molar-refractivity contribution in [2.45, 2.75) is 47.8 Å². The fraction of sp³-hybridized carbons (Fsp3) is 0.192. The summed E-state index contributed by atoms with van der Waals surface area (Å²) < 4.78 is 42.6. The van der Waals surface area contributed by atoms with E-state index in [9.17, 15) is 24.4 Å². The van der Waals surface area contributed by atoms with E-state index in [-0.39, 0.29) is 47.0 Å². The molecular formula is C78H82N8O16. The lowest BCUT2D eigenvalue weighted by Gasteiger charge is -2.12. The summed E-state index contributed by atoms with van der Waals surface area (Å²) in [4.78, 5) is 75.6. The fourth-order valence-corrected chi connectivity index (χ4v) is 8.47. The molecule has 9 rings (SSSR count). The molecule has 1 N–H and O–H groups in total. The minimum absolute atomic E-state index is 0.0752. The van der Waals surface area contributed by atoms with Crippen LogP contribution in [0.5, 0.6) is 40.5 Å². The van der Waals surface area contributed by atoms with Crippen LogP contribution >= 0.6 is 0 Å². The molecule has 0 aliphatic carbocycles. The number of para-hydroxylation sites is 5. The number of rotatable bonds is 25. The summed E-state index contributed by atoms with van der Waals surface area (Å²) in [6.07, 6.45) is 4.17. The molecule has 9 aromatic rings. The first kappa shape index (κ1) is 81.3. The van der Waals surface area contributed by atoms with Crippen molar-refractivity contribution in [2.75, 3.05) is 56.8 Å². The van der Waals surface area contributed by atoms with Gasteiger partial charge in [-0.3, -0.25) is 4.79 Å². The summed E-state index contributed by atoms with van der Waals surface area (Å²) in [7, 11) is 11.0. The normalized spacial score (nSPS) is 10.6. The molecular weight excluding hydrogens is 1300 g/mol. The number of oxime groups is 4. The summed E-state index contributed by atoms with van der Waals surface area (Å²) in [5.41, 5.74) is 6.64. The van der Waals surface area contributed by atoms with Crippen molar-refractivity contribution < 1.29 is 76.4 Å². The SMILES string of the molecule is CC.CC.CNC(=O)/C(=N\OC)c1ccccc1Oc1ccccc1.CO/C=C(\C(=O)OC)c1ccccc1Oc1cc(Oc2ccccc2C#N)ncn1.CO/N=C(\C(=O)OC)c1ccccc1CO/N=C/c1ccccc1.CO/N=C(\C(=O)OC)c1ccccc1COc1ccccc1C. The van der Waals surface area contributed by atoms with Gasteiger partial charge in [0.25, 0.3) is 5.91 Å². The number of aryl methyl sites for hydroxylation is 1. The molecule has 0 bridgehead atoms. The van der Waals surface area contributed by atoms with Crippen molar-refractivity contribution >= 4 is 52.7 Å². The third-order valence-corrected chi connectivity index (χ3v) is 13.0.